The van der Waals surface area contributed by atoms with E-state index in [-0.39, 0.29) is 12.0 Å². The number of pyridine rings is 1. The molecule has 1 aromatic carbocycles. The lowest BCUT2D eigenvalue weighted by atomic mass is 9.95. The predicted molar refractivity (Wildman–Crippen MR) is 81.7 cm³/mol. The van der Waals surface area contributed by atoms with Crippen LogP contribution in [0.4, 0.5) is 0 Å². The minimum absolute atomic E-state index is 0.184. The van der Waals surface area contributed by atoms with Crippen molar-refractivity contribution in [1.29, 1.82) is 0 Å². The number of hydrogen-bond acceptors (Lipinski definition) is 3. The van der Waals surface area contributed by atoms with Crippen LogP contribution < -0.4 is 0 Å². The molecular formula is C17H23NO2. The van der Waals surface area contributed by atoms with Crippen LogP contribution in [0, 0.1) is 12.8 Å². The highest BCUT2D eigenvalue weighted by Crippen LogP contribution is 2.27. The van der Waals surface area contributed by atoms with Crippen LogP contribution in [0.3, 0.4) is 0 Å². The van der Waals surface area contributed by atoms with Crippen molar-refractivity contribution in [3.63, 3.8) is 0 Å². The van der Waals surface area contributed by atoms with Crippen molar-refractivity contribution in [3.05, 3.63) is 41.6 Å². The average Bonchev–Trinajstić information content (AvgIpc) is 2.43. The Bertz CT molecular complexity index is 580. The first-order valence-electron chi connectivity index (χ1n) is 7.20. The van der Waals surface area contributed by atoms with Crippen LogP contribution in [0.15, 0.2) is 30.3 Å². The van der Waals surface area contributed by atoms with Crippen molar-refractivity contribution in [3.8, 4) is 0 Å². The standard InChI is InChI=1S/C17H23NO2/c1-5-20-17(11(2)3)16(19)14-8-9-15-13(10-14)7-6-12(4)18-15/h6-11,16-17,19H,5H2,1-4H3. The summed E-state index contributed by atoms with van der Waals surface area (Å²) in [6.07, 6.45) is -0.795. The van der Waals surface area contributed by atoms with Crippen LogP contribution in [0.2, 0.25) is 0 Å². The molecule has 2 aromatic rings. The van der Waals surface area contributed by atoms with E-state index in [4.69, 9.17) is 4.74 Å². The maximum absolute atomic E-state index is 10.6. The van der Waals surface area contributed by atoms with Gasteiger partial charge in [0.2, 0.25) is 0 Å². The molecule has 1 heterocycles. The molecule has 0 aliphatic carbocycles. The van der Waals surface area contributed by atoms with Gasteiger partial charge in [-0.3, -0.25) is 4.98 Å². The zero-order valence-electron chi connectivity index (χ0n) is 12.6. The summed E-state index contributed by atoms with van der Waals surface area (Å²) in [5, 5.41) is 11.6. The molecule has 20 heavy (non-hydrogen) atoms. The van der Waals surface area contributed by atoms with Gasteiger partial charge in [-0.25, -0.2) is 0 Å². The number of aliphatic hydroxyl groups is 1. The van der Waals surface area contributed by atoms with Crippen LogP contribution in [0.1, 0.15) is 38.1 Å². The Morgan fingerprint density at radius 1 is 1.20 bits per heavy atom. The molecule has 0 bridgehead atoms. The van der Waals surface area contributed by atoms with Crippen LogP contribution in [0.5, 0.6) is 0 Å². The second-order valence-electron chi connectivity index (χ2n) is 5.51. The summed E-state index contributed by atoms with van der Waals surface area (Å²) in [4.78, 5) is 4.48. The first-order chi connectivity index (χ1) is 9.52. The normalized spacial score (nSPS) is 14.7. The molecule has 0 spiro atoms. The van der Waals surface area contributed by atoms with Crippen molar-refractivity contribution in [2.45, 2.75) is 39.9 Å². The van der Waals surface area contributed by atoms with Crippen molar-refractivity contribution in [1.82, 2.24) is 4.98 Å². The van der Waals surface area contributed by atoms with Gasteiger partial charge in [0.15, 0.2) is 0 Å². The van der Waals surface area contributed by atoms with E-state index in [1.165, 1.54) is 0 Å². The highest BCUT2D eigenvalue weighted by atomic mass is 16.5. The number of ether oxygens (including phenoxy) is 1. The molecule has 0 amide bonds. The van der Waals surface area contributed by atoms with E-state index >= 15 is 0 Å². The Balaban J connectivity index is 2.34. The fraction of sp³-hybridized carbons (Fsp3) is 0.471. The smallest absolute Gasteiger partial charge is 0.105 e. The van der Waals surface area contributed by atoms with Gasteiger partial charge < -0.3 is 9.84 Å². The van der Waals surface area contributed by atoms with Gasteiger partial charge in [0.05, 0.1) is 11.6 Å². The van der Waals surface area contributed by atoms with Gasteiger partial charge in [0, 0.05) is 17.7 Å². The van der Waals surface area contributed by atoms with Gasteiger partial charge in [0.25, 0.3) is 0 Å². The van der Waals surface area contributed by atoms with Crippen molar-refractivity contribution < 1.29 is 9.84 Å². The third-order valence-electron chi connectivity index (χ3n) is 3.52. The number of hydrogen-bond donors (Lipinski definition) is 1. The number of fused-ring (bicyclic) bond motifs is 1. The van der Waals surface area contributed by atoms with E-state index in [9.17, 15) is 5.11 Å². The van der Waals surface area contributed by atoms with Gasteiger partial charge >= 0.3 is 0 Å². The number of aliphatic hydroxyl groups excluding tert-OH is 1. The predicted octanol–water partition coefficient (Wildman–Crippen LogP) is 3.64. The maximum atomic E-state index is 10.6. The van der Waals surface area contributed by atoms with E-state index in [0.717, 1.165) is 22.2 Å². The number of rotatable bonds is 5. The highest BCUT2D eigenvalue weighted by Gasteiger charge is 2.24. The van der Waals surface area contributed by atoms with Crippen LogP contribution >= 0.6 is 0 Å². The quantitative estimate of drug-likeness (QED) is 0.904. The topological polar surface area (TPSA) is 42.4 Å². The second-order valence-corrected chi connectivity index (χ2v) is 5.51. The van der Waals surface area contributed by atoms with Crippen LogP contribution in [-0.4, -0.2) is 22.8 Å². The lowest BCUT2D eigenvalue weighted by Gasteiger charge is -2.26. The van der Waals surface area contributed by atoms with E-state index in [1.54, 1.807) is 0 Å². The number of aromatic nitrogens is 1. The van der Waals surface area contributed by atoms with Gasteiger partial charge in [-0.15, -0.1) is 0 Å². The zero-order valence-corrected chi connectivity index (χ0v) is 12.6. The molecule has 2 unspecified atom stereocenters. The van der Waals surface area contributed by atoms with Gasteiger partial charge in [-0.05, 0) is 43.5 Å². The fourth-order valence-corrected chi connectivity index (χ4v) is 2.46. The summed E-state index contributed by atoms with van der Waals surface area (Å²) in [6, 6.07) is 9.93. The van der Waals surface area contributed by atoms with Crippen LogP contribution in [-0.2, 0) is 4.74 Å². The SMILES string of the molecule is CCOC(C(C)C)C(O)c1ccc2nc(C)ccc2c1. The highest BCUT2D eigenvalue weighted by molar-refractivity contribution is 5.79. The fourth-order valence-electron chi connectivity index (χ4n) is 2.46. The first kappa shape index (κ1) is 14.9. The molecular weight excluding hydrogens is 250 g/mol. The minimum Gasteiger partial charge on any atom is -0.386 e. The van der Waals surface area contributed by atoms with E-state index in [0.29, 0.717) is 6.61 Å². The second kappa shape index (κ2) is 6.33. The first-order valence-corrected chi connectivity index (χ1v) is 7.20. The maximum Gasteiger partial charge on any atom is 0.105 e. The van der Waals surface area contributed by atoms with E-state index in [1.807, 2.05) is 44.2 Å². The summed E-state index contributed by atoms with van der Waals surface area (Å²) in [6.45, 7) is 8.67. The summed E-state index contributed by atoms with van der Waals surface area (Å²) >= 11 is 0. The summed E-state index contributed by atoms with van der Waals surface area (Å²) < 4.78 is 5.69. The Kier molecular flexibility index (Phi) is 4.73. The van der Waals surface area contributed by atoms with Crippen molar-refractivity contribution in [2.75, 3.05) is 6.61 Å². The lowest BCUT2D eigenvalue weighted by molar-refractivity contribution is -0.0585. The number of nitrogens with zero attached hydrogens (tertiary/aromatic N) is 1. The lowest BCUT2D eigenvalue weighted by Crippen LogP contribution is -2.27. The summed E-state index contributed by atoms with van der Waals surface area (Å²) in [7, 11) is 0. The van der Waals surface area contributed by atoms with Gasteiger partial charge in [-0.1, -0.05) is 26.0 Å². The molecule has 2 rings (SSSR count). The Morgan fingerprint density at radius 3 is 2.60 bits per heavy atom. The third kappa shape index (κ3) is 3.17. The number of aryl methyl sites for hydroxylation is 1. The van der Waals surface area contributed by atoms with Crippen molar-refractivity contribution in [2.24, 2.45) is 5.92 Å². The Labute approximate surface area is 120 Å². The molecule has 0 aliphatic rings. The van der Waals surface area contributed by atoms with Crippen molar-refractivity contribution >= 4 is 10.9 Å². The Hall–Kier alpha value is -1.45. The molecule has 1 N–H and O–H groups in total. The van der Waals surface area contributed by atoms with Gasteiger partial charge in [0.1, 0.15) is 6.10 Å². The Morgan fingerprint density at radius 2 is 1.95 bits per heavy atom. The van der Waals surface area contributed by atoms with E-state index in [2.05, 4.69) is 18.8 Å². The van der Waals surface area contributed by atoms with E-state index < -0.39 is 6.10 Å². The molecule has 1 aromatic heterocycles. The third-order valence-corrected chi connectivity index (χ3v) is 3.52. The molecule has 0 fully saturated rings. The average molecular weight is 273 g/mol. The minimum atomic E-state index is -0.611. The molecule has 3 heteroatoms. The molecule has 0 aliphatic heterocycles. The zero-order chi connectivity index (χ0) is 14.7. The largest absolute Gasteiger partial charge is 0.386 e. The molecule has 0 radical (unpaired) electrons. The summed E-state index contributed by atoms with van der Waals surface area (Å²) in [5.41, 5.74) is 2.84. The monoisotopic (exact) mass is 273 g/mol. The molecule has 0 saturated carbocycles. The van der Waals surface area contributed by atoms with Crippen LogP contribution in [0.25, 0.3) is 10.9 Å². The van der Waals surface area contributed by atoms with Gasteiger partial charge in [-0.2, -0.15) is 0 Å². The number of benzene rings is 1. The molecule has 3 nitrogen and oxygen atoms in total. The summed E-state index contributed by atoms with van der Waals surface area (Å²) in [5.74, 6) is 0.261. The molecule has 108 valence electrons. The molecule has 2 atom stereocenters. The molecule has 0 saturated heterocycles.